The highest BCUT2D eigenvalue weighted by Crippen LogP contribution is 2.44. The van der Waals surface area contributed by atoms with E-state index in [4.69, 9.17) is 9.47 Å². The lowest BCUT2D eigenvalue weighted by Crippen LogP contribution is -2.34. The topological polar surface area (TPSA) is 42.0 Å². The van der Waals surface area contributed by atoms with Crippen LogP contribution in [0.25, 0.3) is 6.08 Å². The fourth-order valence-corrected chi connectivity index (χ4v) is 3.96. The lowest BCUT2D eigenvalue weighted by atomic mass is 10.00. The summed E-state index contributed by atoms with van der Waals surface area (Å²) >= 11 is 0. The van der Waals surface area contributed by atoms with Crippen molar-refractivity contribution in [1.29, 1.82) is 0 Å². The zero-order valence-electron chi connectivity index (χ0n) is 16.5. The van der Waals surface area contributed by atoms with Gasteiger partial charge < -0.3 is 14.4 Å². The van der Waals surface area contributed by atoms with Gasteiger partial charge in [-0.2, -0.15) is 0 Å². The highest BCUT2D eigenvalue weighted by atomic mass is 16.5. The molecule has 2 aliphatic heterocycles. The van der Waals surface area contributed by atoms with Crippen LogP contribution in [0.3, 0.4) is 0 Å². The molecule has 0 radical (unpaired) electrons. The first-order valence-corrected chi connectivity index (χ1v) is 9.76. The number of allylic oxidation sites excluding steroid dienone is 1. The average molecular weight is 376 g/mol. The van der Waals surface area contributed by atoms with E-state index in [-0.39, 0.29) is 5.78 Å². The van der Waals surface area contributed by atoms with Crippen LogP contribution in [0.1, 0.15) is 39.9 Å². The molecule has 5 rings (SSSR count). The second kappa shape index (κ2) is 6.38. The first-order valence-electron chi connectivity index (χ1n) is 9.76. The normalized spacial score (nSPS) is 19.8. The molecule has 2 aromatic carbocycles. The summed E-state index contributed by atoms with van der Waals surface area (Å²) in [7, 11) is 4.01. The highest BCUT2D eigenvalue weighted by molar-refractivity contribution is 6.15. The van der Waals surface area contributed by atoms with Gasteiger partial charge in [0.05, 0.1) is 5.56 Å². The molecular formula is C23H24N2O3. The maximum atomic E-state index is 13.0. The van der Waals surface area contributed by atoms with E-state index in [1.165, 1.54) is 12.8 Å². The van der Waals surface area contributed by atoms with Crippen LogP contribution in [-0.4, -0.2) is 37.6 Å². The summed E-state index contributed by atoms with van der Waals surface area (Å²) in [6.45, 7) is 3.44. The van der Waals surface area contributed by atoms with Crippen LogP contribution in [0.4, 0.5) is 5.69 Å². The molecule has 0 bridgehead atoms. The van der Waals surface area contributed by atoms with Gasteiger partial charge >= 0.3 is 0 Å². The predicted octanol–water partition coefficient (Wildman–Crippen LogP) is 3.99. The summed E-state index contributed by atoms with van der Waals surface area (Å²) in [6, 6.07) is 10.7. The van der Waals surface area contributed by atoms with Crippen LogP contribution in [0, 0.1) is 6.92 Å². The Bertz CT molecular complexity index is 988. The van der Waals surface area contributed by atoms with Gasteiger partial charge in [-0.1, -0.05) is 12.1 Å². The van der Waals surface area contributed by atoms with Crippen molar-refractivity contribution in [1.82, 2.24) is 4.90 Å². The largest absolute Gasteiger partial charge is 0.477 e. The van der Waals surface area contributed by atoms with Crippen molar-refractivity contribution in [2.75, 3.05) is 25.7 Å². The number of ether oxygens (including phenoxy) is 2. The van der Waals surface area contributed by atoms with Gasteiger partial charge in [-0.25, -0.2) is 0 Å². The first-order chi connectivity index (χ1) is 13.5. The fourth-order valence-electron chi connectivity index (χ4n) is 3.96. The number of hydrogen-bond donors (Lipinski definition) is 0. The quantitative estimate of drug-likeness (QED) is 0.758. The number of hydrogen-bond acceptors (Lipinski definition) is 5. The SMILES string of the molecule is Cc1c2c(cc3c1O/C(=C\c1ccc(N(C)C)cc1)C3=O)CN(C1CC1)CO2. The molecule has 5 nitrogen and oxygen atoms in total. The zero-order chi connectivity index (χ0) is 19.4. The number of nitrogens with zero attached hydrogens (tertiary/aromatic N) is 2. The Morgan fingerprint density at radius 3 is 2.57 bits per heavy atom. The number of benzene rings is 2. The molecule has 5 heteroatoms. The number of ketones is 1. The minimum Gasteiger partial charge on any atom is -0.477 e. The Balaban J connectivity index is 1.46. The van der Waals surface area contributed by atoms with Crippen LogP contribution in [0.5, 0.6) is 11.5 Å². The van der Waals surface area contributed by atoms with E-state index in [9.17, 15) is 4.79 Å². The number of rotatable bonds is 3. The number of carbonyl (C=O) groups is 1. The predicted molar refractivity (Wildman–Crippen MR) is 109 cm³/mol. The summed E-state index contributed by atoms with van der Waals surface area (Å²) in [5.74, 6) is 1.83. The molecule has 0 aromatic heterocycles. The van der Waals surface area contributed by atoms with Gasteiger partial charge in [-0.15, -0.1) is 0 Å². The summed E-state index contributed by atoms with van der Waals surface area (Å²) in [6.07, 6.45) is 4.30. The van der Waals surface area contributed by atoms with E-state index in [1.54, 1.807) is 0 Å². The monoisotopic (exact) mass is 376 g/mol. The van der Waals surface area contributed by atoms with E-state index in [0.717, 1.165) is 34.7 Å². The van der Waals surface area contributed by atoms with Crippen LogP contribution in [0.15, 0.2) is 36.1 Å². The van der Waals surface area contributed by atoms with Crippen LogP contribution >= 0.6 is 0 Å². The smallest absolute Gasteiger partial charge is 0.231 e. The van der Waals surface area contributed by atoms with E-state index in [2.05, 4.69) is 4.90 Å². The van der Waals surface area contributed by atoms with Crippen LogP contribution in [-0.2, 0) is 6.54 Å². The van der Waals surface area contributed by atoms with Crippen molar-refractivity contribution in [3.63, 3.8) is 0 Å². The Morgan fingerprint density at radius 2 is 1.89 bits per heavy atom. The number of Topliss-reactive ketones (excluding diaryl/α,β-unsaturated/α-hetero) is 1. The standard InChI is InChI=1S/C23H24N2O3/c1-14-22-16(12-25(13-27-22)18-8-9-18)11-19-21(26)20(28-23(14)19)10-15-4-6-17(7-5-15)24(2)3/h4-7,10-11,18H,8-9,12-13H2,1-3H3/b20-10-. The maximum absolute atomic E-state index is 13.0. The van der Waals surface area contributed by atoms with Crippen molar-refractivity contribution >= 4 is 17.5 Å². The van der Waals surface area contributed by atoms with Gasteiger partial charge in [0.15, 0.2) is 5.76 Å². The third kappa shape index (κ3) is 2.87. The average Bonchev–Trinajstić information content (AvgIpc) is 3.49. The van der Waals surface area contributed by atoms with Crippen LogP contribution < -0.4 is 14.4 Å². The molecule has 2 aromatic rings. The van der Waals surface area contributed by atoms with Crippen molar-refractivity contribution < 1.29 is 14.3 Å². The van der Waals surface area contributed by atoms with Crippen molar-refractivity contribution in [3.8, 4) is 11.5 Å². The maximum Gasteiger partial charge on any atom is 0.231 e. The van der Waals surface area contributed by atoms with Crippen molar-refractivity contribution in [3.05, 3.63) is 58.3 Å². The van der Waals surface area contributed by atoms with Crippen molar-refractivity contribution in [2.45, 2.75) is 32.4 Å². The van der Waals surface area contributed by atoms with Gasteiger partial charge in [0.2, 0.25) is 5.78 Å². The van der Waals surface area contributed by atoms with E-state index >= 15 is 0 Å². The molecule has 1 fully saturated rings. The second-order valence-corrected chi connectivity index (χ2v) is 8.04. The summed E-state index contributed by atoms with van der Waals surface area (Å²) in [5.41, 5.74) is 4.71. The van der Waals surface area contributed by atoms with Gasteiger partial charge in [-0.3, -0.25) is 9.69 Å². The summed E-state index contributed by atoms with van der Waals surface area (Å²) in [4.78, 5) is 17.4. The Morgan fingerprint density at radius 1 is 1.14 bits per heavy atom. The fraction of sp³-hybridized carbons (Fsp3) is 0.348. The molecule has 1 aliphatic carbocycles. The number of anilines is 1. The molecule has 0 spiro atoms. The molecule has 144 valence electrons. The zero-order valence-corrected chi connectivity index (χ0v) is 16.5. The summed E-state index contributed by atoms with van der Waals surface area (Å²) in [5, 5.41) is 0. The van der Waals surface area contributed by atoms with E-state index < -0.39 is 0 Å². The molecule has 3 aliphatic rings. The Hall–Kier alpha value is -2.79. The van der Waals surface area contributed by atoms with Gasteiger partial charge in [0.1, 0.15) is 18.2 Å². The van der Waals surface area contributed by atoms with Gasteiger partial charge in [-0.05, 0) is 49.6 Å². The van der Waals surface area contributed by atoms with Crippen molar-refractivity contribution in [2.24, 2.45) is 0 Å². The summed E-state index contributed by atoms with van der Waals surface area (Å²) < 4.78 is 12.0. The Kier molecular flexibility index (Phi) is 3.95. The molecule has 0 N–H and O–H groups in total. The first kappa shape index (κ1) is 17.3. The minimum absolute atomic E-state index is 0.0545. The molecule has 0 unspecified atom stereocenters. The second-order valence-electron chi connectivity index (χ2n) is 8.04. The molecular weight excluding hydrogens is 352 g/mol. The van der Waals surface area contributed by atoms with E-state index in [0.29, 0.717) is 29.8 Å². The third-order valence-corrected chi connectivity index (χ3v) is 5.74. The molecule has 28 heavy (non-hydrogen) atoms. The van der Waals surface area contributed by atoms with Gasteiger partial charge in [0, 0.05) is 43.5 Å². The molecule has 0 saturated heterocycles. The molecule has 0 amide bonds. The van der Waals surface area contributed by atoms with Crippen LogP contribution in [0.2, 0.25) is 0 Å². The highest BCUT2D eigenvalue weighted by Gasteiger charge is 2.36. The molecule has 0 atom stereocenters. The molecule has 2 heterocycles. The lowest BCUT2D eigenvalue weighted by molar-refractivity contribution is 0.0872. The van der Waals surface area contributed by atoms with E-state index in [1.807, 2.05) is 62.3 Å². The molecule has 1 saturated carbocycles. The minimum atomic E-state index is -0.0545. The lowest BCUT2D eigenvalue weighted by Gasteiger charge is -2.30. The van der Waals surface area contributed by atoms with Gasteiger partial charge in [0.25, 0.3) is 0 Å². The number of fused-ring (bicyclic) bond motifs is 2. The third-order valence-electron chi connectivity index (χ3n) is 5.74. The Labute approximate surface area is 165 Å². The number of carbonyl (C=O) groups excluding carboxylic acids is 1.